The Morgan fingerprint density at radius 2 is 1.97 bits per heavy atom. The van der Waals surface area contributed by atoms with Gasteiger partial charge in [0, 0.05) is 19.6 Å². The number of likely N-dealkylation sites (N-methyl/N-ethyl adjacent to an activating group) is 1. The van der Waals surface area contributed by atoms with Crippen LogP contribution in [0.5, 0.6) is 5.75 Å². The Morgan fingerprint density at radius 3 is 2.60 bits per heavy atom. The molecule has 1 aliphatic heterocycles. The third-order valence-electron chi connectivity index (χ3n) is 4.62. The Morgan fingerprint density at radius 1 is 1.27 bits per heavy atom. The van der Waals surface area contributed by atoms with E-state index in [0.29, 0.717) is 37.4 Å². The van der Waals surface area contributed by atoms with E-state index in [0.717, 1.165) is 0 Å². The number of benzene rings is 1. The van der Waals surface area contributed by atoms with E-state index in [1.54, 1.807) is 13.0 Å². The summed E-state index contributed by atoms with van der Waals surface area (Å²) in [5.41, 5.74) is 0.691. The van der Waals surface area contributed by atoms with Crippen LogP contribution >= 0.6 is 0 Å². The van der Waals surface area contributed by atoms with Gasteiger partial charge in [-0.05, 0) is 51.2 Å². The smallest absolute Gasteiger partial charge is 0.309 e. The van der Waals surface area contributed by atoms with Crippen LogP contribution in [0.4, 0.5) is 0 Å². The molecule has 2 rings (SSSR count). The number of hydrogen-bond donors (Lipinski definition) is 2. The quantitative estimate of drug-likeness (QED) is 0.523. The van der Waals surface area contributed by atoms with Gasteiger partial charge >= 0.3 is 11.8 Å². The SMILES string of the molecule is COc1ccc(S(=O)(=O)N2CCCO[C@@H]2CNC(=O)C(=O)NCCN(C)C)cc1C. The number of carbonyl (C=O) groups is 2. The first-order valence-electron chi connectivity index (χ1n) is 9.65. The number of ether oxygens (including phenoxy) is 2. The van der Waals surface area contributed by atoms with Gasteiger partial charge in [-0.15, -0.1) is 0 Å². The number of nitrogens with one attached hydrogen (secondary N) is 2. The van der Waals surface area contributed by atoms with Crippen LogP contribution in [-0.4, -0.2) is 89.7 Å². The molecule has 0 saturated carbocycles. The van der Waals surface area contributed by atoms with Crippen molar-refractivity contribution in [2.45, 2.75) is 24.5 Å². The van der Waals surface area contributed by atoms with Crippen molar-refractivity contribution in [1.82, 2.24) is 19.8 Å². The fourth-order valence-electron chi connectivity index (χ4n) is 2.98. The van der Waals surface area contributed by atoms with Gasteiger partial charge in [0.25, 0.3) is 0 Å². The normalized spacial score (nSPS) is 17.6. The minimum atomic E-state index is -3.86. The molecular formula is C19H30N4O6S. The summed E-state index contributed by atoms with van der Waals surface area (Å²) in [6.07, 6.45) is -0.367. The van der Waals surface area contributed by atoms with Crippen LogP contribution in [-0.2, 0) is 24.3 Å². The number of amides is 2. The molecule has 0 unspecified atom stereocenters. The molecule has 2 amide bonds. The first kappa shape index (κ1) is 24.1. The lowest BCUT2D eigenvalue weighted by Crippen LogP contribution is -2.53. The zero-order valence-electron chi connectivity index (χ0n) is 17.8. The topological polar surface area (TPSA) is 117 Å². The summed E-state index contributed by atoms with van der Waals surface area (Å²) in [7, 11) is 1.37. The maximum absolute atomic E-state index is 13.1. The third kappa shape index (κ3) is 6.14. The van der Waals surface area contributed by atoms with Crippen molar-refractivity contribution in [3.05, 3.63) is 23.8 Å². The Bertz CT molecular complexity index is 859. The van der Waals surface area contributed by atoms with E-state index < -0.39 is 28.1 Å². The van der Waals surface area contributed by atoms with Gasteiger partial charge in [-0.1, -0.05) is 0 Å². The molecular weight excluding hydrogens is 412 g/mol. The van der Waals surface area contributed by atoms with Crippen LogP contribution in [0.25, 0.3) is 0 Å². The zero-order chi connectivity index (χ0) is 22.3. The lowest BCUT2D eigenvalue weighted by molar-refractivity contribution is -0.140. The van der Waals surface area contributed by atoms with Crippen LogP contribution < -0.4 is 15.4 Å². The van der Waals surface area contributed by atoms with Crippen molar-refractivity contribution in [2.24, 2.45) is 0 Å². The molecule has 1 aromatic rings. The molecule has 0 aliphatic carbocycles. The molecule has 1 heterocycles. The Hall–Kier alpha value is -2.21. The van der Waals surface area contributed by atoms with Gasteiger partial charge in [-0.25, -0.2) is 8.42 Å². The number of methoxy groups -OCH3 is 1. The first-order chi connectivity index (χ1) is 14.2. The first-order valence-corrected chi connectivity index (χ1v) is 11.1. The minimum absolute atomic E-state index is 0.115. The Labute approximate surface area is 177 Å². The number of hydrogen-bond acceptors (Lipinski definition) is 7. The molecule has 0 spiro atoms. The number of carbonyl (C=O) groups excluding carboxylic acids is 2. The monoisotopic (exact) mass is 442 g/mol. The van der Waals surface area contributed by atoms with Crippen molar-refractivity contribution in [2.75, 3.05) is 54.0 Å². The fraction of sp³-hybridized carbons (Fsp3) is 0.579. The number of nitrogens with zero attached hydrogens (tertiary/aromatic N) is 2. The third-order valence-corrected chi connectivity index (χ3v) is 6.50. The standard InChI is InChI=1S/C19H30N4O6S/c1-14-12-15(6-7-16(14)28-4)30(26,27)23-9-5-11-29-17(23)13-21-19(25)18(24)20-8-10-22(2)3/h6-7,12,17H,5,8-11,13H2,1-4H3,(H,20,24)(H,21,25)/t17-/m1/s1. The molecule has 1 saturated heterocycles. The van der Waals surface area contributed by atoms with E-state index in [1.165, 1.54) is 23.5 Å². The van der Waals surface area contributed by atoms with Crippen LogP contribution in [0.2, 0.25) is 0 Å². The van der Waals surface area contributed by atoms with Gasteiger partial charge in [0.1, 0.15) is 12.0 Å². The average molecular weight is 443 g/mol. The van der Waals surface area contributed by atoms with E-state index in [9.17, 15) is 18.0 Å². The van der Waals surface area contributed by atoms with E-state index in [2.05, 4.69) is 10.6 Å². The molecule has 0 bridgehead atoms. The maximum atomic E-state index is 13.1. The molecule has 10 nitrogen and oxygen atoms in total. The summed E-state index contributed by atoms with van der Waals surface area (Å²) in [5, 5.41) is 4.97. The second-order valence-electron chi connectivity index (χ2n) is 7.20. The van der Waals surface area contributed by atoms with E-state index in [1.807, 2.05) is 19.0 Å². The van der Waals surface area contributed by atoms with Crippen LogP contribution in [0.3, 0.4) is 0 Å². The Kier molecular flexibility index (Phi) is 8.59. The van der Waals surface area contributed by atoms with Crippen molar-refractivity contribution in [3.63, 3.8) is 0 Å². The van der Waals surface area contributed by atoms with Crippen molar-refractivity contribution in [1.29, 1.82) is 0 Å². The second kappa shape index (κ2) is 10.7. The van der Waals surface area contributed by atoms with E-state index in [4.69, 9.17) is 9.47 Å². The zero-order valence-corrected chi connectivity index (χ0v) is 18.6. The molecule has 2 N–H and O–H groups in total. The second-order valence-corrected chi connectivity index (χ2v) is 9.09. The summed E-state index contributed by atoms with van der Waals surface area (Å²) in [5.74, 6) is -1.01. The predicted octanol–water partition coefficient (Wildman–Crippen LogP) is -0.465. The van der Waals surface area contributed by atoms with Gasteiger partial charge in [0.2, 0.25) is 10.0 Å². The largest absolute Gasteiger partial charge is 0.496 e. The predicted molar refractivity (Wildman–Crippen MR) is 111 cm³/mol. The van der Waals surface area contributed by atoms with Gasteiger partial charge in [-0.3, -0.25) is 9.59 Å². The summed E-state index contributed by atoms with van der Waals surface area (Å²) in [4.78, 5) is 25.9. The highest BCUT2D eigenvalue weighted by molar-refractivity contribution is 7.89. The van der Waals surface area contributed by atoms with Crippen LogP contribution in [0.1, 0.15) is 12.0 Å². The minimum Gasteiger partial charge on any atom is -0.496 e. The maximum Gasteiger partial charge on any atom is 0.309 e. The van der Waals surface area contributed by atoms with Gasteiger partial charge in [-0.2, -0.15) is 4.31 Å². The van der Waals surface area contributed by atoms with E-state index in [-0.39, 0.29) is 18.0 Å². The highest BCUT2D eigenvalue weighted by Crippen LogP contribution is 2.26. The molecule has 0 aromatic heterocycles. The molecule has 30 heavy (non-hydrogen) atoms. The van der Waals surface area contributed by atoms with Crippen molar-refractivity contribution >= 4 is 21.8 Å². The highest BCUT2D eigenvalue weighted by atomic mass is 32.2. The number of sulfonamides is 1. The molecule has 1 fully saturated rings. The Balaban J connectivity index is 2.04. The summed E-state index contributed by atoms with van der Waals surface area (Å²) >= 11 is 0. The molecule has 1 aliphatic rings. The molecule has 1 aromatic carbocycles. The molecule has 0 radical (unpaired) electrons. The van der Waals surface area contributed by atoms with Crippen molar-refractivity contribution in [3.8, 4) is 5.75 Å². The van der Waals surface area contributed by atoms with E-state index >= 15 is 0 Å². The van der Waals surface area contributed by atoms with Crippen LogP contribution in [0.15, 0.2) is 23.1 Å². The van der Waals surface area contributed by atoms with Gasteiger partial charge in [0.05, 0.1) is 25.2 Å². The van der Waals surface area contributed by atoms with Gasteiger partial charge < -0.3 is 25.0 Å². The number of aryl methyl sites for hydroxylation is 1. The average Bonchev–Trinajstić information content (AvgIpc) is 2.71. The van der Waals surface area contributed by atoms with Gasteiger partial charge in [0.15, 0.2) is 0 Å². The molecule has 11 heteroatoms. The fourth-order valence-corrected chi connectivity index (χ4v) is 4.63. The molecule has 1 atom stereocenters. The van der Waals surface area contributed by atoms with Crippen molar-refractivity contribution < 1.29 is 27.5 Å². The molecule has 168 valence electrons. The summed E-state index contributed by atoms with van der Waals surface area (Å²) < 4.78 is 38.3. The number of rotatable bonds is 8. The summed E-state index contributed by atoms with van der Waals surface area (Å²) in [6.45, 7) is 3.17. The lowest BCUT2D eigenvalue weighted by Gasteiger charge is -2.34. The lowest BCUT2D eigenvalue weighted by atomic mass is 10.2. The highest BCUT2D eigenvalue weighted by Gasteiger charge is 2.35. The summed E-state index contributed by atoms with van der Waals surface area (Å²) in [6, 6.07) is 4.61. The van der Waals surface area contributed by atoms with Crippen LogP contribution in [0, 0.1) is 6.92 Å².